The van der Waals surface area contributed by atoms with E-state index in [-0.39, 0.29) is 5.91 Å². The first-order valence-electron chi connectivity index (χ1n) is 11.2. The largest absolute Gasteiger partial charge is 0.292 e. The van der Waals surface area contributed by atoms with Gasteiger partial charge in [-0.1, -0.05) is 61.9 Å². The van der Waals surface area contributed by atoms with Gasteiger partial charge in [0.15, 0.2) is 0 Å². The number of amides is 1. The molecule has 4 aromatic rings. The van der Waals surface area contributed by atoms with Crippen LogP contribution in [0.4, 0.5) is 5.82 Å². The molecule has 8 nitrogen and oxygen atoms in total. The van der Waals surface area contributed by atoms with Crippen molar-refractivity contribution in [1.29, 1.82) is 0 Å². The Balaban J connectivity index is 1.44. The fourth-order valence-electron chi connectivity index (χ4n) is 4.39. The minimum absolute atomic E-state index is 0.106. The molecule has 0 fully saturated rings. The van der Waals surface area contributed by atoms with Gasteiger partial charge in [0.1, 0.15) is 11.6 Å². The van der Waals surface area contributed by atoms with Crippen molar-refractivity contribution in [2.45, 2.75) is 46.1 Å². The molecule has 0 spiro atoms. The van der Waals surface area contributed by atoms with Crippen LogP contribution in [0.1, 0.15) is 42.4 Å². The third kappa shape index (κ3) is 4.11. The molecule has 0 unspecified atom stereocenters. The molecule has 1 amide bonds. The molecule has 3 heterocycles. The van der Waals surface area contributed by atoms with Crippen molar-refractivity contribution in [3.05, 3.63) is 71.2 Å². The lowest BCUT2D eigenvalue weighted by Gasteiger charge is -2.29. The Hall–Kier alpha value is -3.94. The number of aromatic nitrogens is 6. The topological polar surface area (TPSA) is 101 Å². The molecule has 2 aromatic heterocycles. The molecular formula is C25H25N7O. The molecule has 1 aliphatic rings. The van der Waals surface area contributed by atoms with Gasteiger partial charge < -0.3 is 0 Å². The number of hydrogen-bond acceptors (Lipinski definition) is 6. The number of hydrogen-bond donors (Lipinski definition) is 1. The highest BCUT2D eigenvalue weighted by Gasteiger charge is 2.28. The Bertz CT molecular complexity index is 1280. The Morgan fingerprint density at radius 1 is 1.00 bits per heavy atom. The number of aryl methyl sites for hydroxylation is 2. The van der Waals surface area contributed by atoms with Gasteiger partial charge in [-0.25, -0.2) is 9.97 Å². The van der Waals surface area contributed by atoms with Crippen molar-refractivity contribution in [2.75, 3.05) is 4.90 Å². The summed E-state index contributed by atoms with van der Waals surface area (Å²) in [7, 11) is 0. The first-order chi connectivity index (χ1) is 16.1. The van der Waals surface area contributed by atoms with Crippen LogP contribution in [0.2, 0.25) is 0 Å². The monoisotopic (exact) mass is 439 g/mol. The first-order valence-corrected chi connectivity index (χ1v) is 11.2. The summed E-state index contributed by atoms with van der Waals surface area (Å²) in [6, 6.07) is 16.2. The fraction of sp³-hybridized carbons (Fsp3) is 0.280. The Morgan fingerprint density at radius 2 is 1.79 bits per heavy atom. The summed E-state index contributed by atoms with van der Waals surface area (Å²) in [4.78, 5) is 24.0. The molecule has 33 heavy (non-hydrogen) atoms. The van der Waals surface area contributed by atoms with Crippen LogP contribution in [0, 0.1) is 6.92 Å². The van der Waals surface area contributed by atoms with E-state index >= 15 is 0 Å². The second-order valence-electron chi connectivity index (χ2n) is 8.23. The van der Waals surface area contributed by atoms with Gasteiger partial charge >= 0.3 is 0 Å². The van der Waals surface area contributed by atoms with Crippen LogP contribution in [0.15, 0.2) is 48.5 Å². The third-order valence-corrected chi connectivity index (χ3v) is 5.93. The SMILES string of the molecule is CCCc1nc(C)nc2c1CCC(=O)N2Cc1ccc(-c2ccccc2-c2nn[nH]n2)cc1. The number of nitrogens with one attached hydrogen (secondary N) is 1. The number of carbonyl (C=O) groups excluding carboxylic acids is 1. The number of rotatable bonds is 6. The van der Waals surface area contributed by atoms with E-state index in [4.69, 9.17) is 0 Å². The number of tetrazole rings is 1. The molecule has 0 aliphatic carbocycles. The van der Waals surface area contributed by atoms with Crippen LogP contribution < -0.4 is 4.90 Å². The van der Waals surface area contributed by atoms with Gasteiger partial charge in [-0.15, -0.1) is 10.2 Å². The summed E-state index contributed by atoms with van der Waals surface area (Å²) >= 11 is 0. The molecule has 2 aromatic carbocycles. The average Bonchev–Trinajstić information content (AvgIpc) is 3.37. The average molecular weight is 440 g/mol. The summed E-state index contributed by atoms with van der Waals surface area (Å²) < 4.78 is 0. The third-order valence-electron chi connectivity index (χ3n) is 5.93. The van der Waals surface area contributed by atoms with Crippen molar-refractivity contribution in [1.82, 2.24) is 30.6 Å². The predicted molar refractivity (Wildman–Crippen MR) is 125 cm³/mol. The maximum Gasteiger partial charge on any atom is 0.228 e. The standard InChI is InChI=1S/C25H25N7O/c1-3-6-22-21-13-14-23(33)32(25(21)27-16(2)26-22)15-17-9-11-18(12-10-17)19-7-4-5-8-20(19)24-28-30-31-29-24/h4-5,7-12H,3,6,13-15H2,1-2H3,(H,28,29,30,31). The molecular weight excluding hydrogens is 414 g/mol. The lowest BCUT2D eigenvalue weighted by molar-refractivity contribution is -0.119. The summed E-state index contributed by atoms with van der Waals surface area (Å²) in [6.45, 7) is 4.53. The highest BCUT2D eigenvalue weighted by Crippen LogP contribution is 2.32. The van der Waals surface area contributed by atoms with E-state index < -0.39 is 0 Å². The van der Waals surface area contributed by atoms with Crippen molar-refractivity contribution >= 4 is 11.7 Å². The second-order valence-corrected chi connectivity index (χ2v) is 8.23. The van der Waals surface area contributed by atoms with E-state index in [0.29, 0.717) is 31.0 Å². The highest BCUT2D eigenvalue weighted by molar-refractivity contribution is 5.95. The number of anilines is 1. The van der Waals surface area contributed by atoms with Gasteiger partial charge in [0.05, 0.1) is 6.54 Å². The van der Waals surface area contributed by atoms with Crippen LogP contribution in [0.3, 0.4) is 0 Å². The van der Waals surface area contributed by atoms with Crippen LogP contribution in [0.5, 0.6) is 0 Å². The maximum absolute atomic E-state index is 12.8. The fourth-order valence-corrected chi connectivity index (χ4v) is 4.39. The van der Waals surface area contributed by atoms with Crippen molar-refractivity contribution < 1.29 is 4.79 Å². The molecule has 0 saturated heterocycles. The molecule has 1 aliphatic heterocycles. The van der Waals surface area contributed by atoms with Gasteiger partial charge in [-0.05, 0) is 41.7 Å². The minimum Gasteiger partial charge on any atom is -0.292 e. The zero-order valence-corrected chi connectivity index (χ0v) is 18.7. The van der Waals surface area contributed by atoms with Crippen molar-refractivity contribution in [3.8, 4) is 22.5 Å². The summed E-state index contributed by atoms with van der Waals surface area (Å²) in [5.74, 6) is 2.15. The van der Waals surface area contributed by atoms with E-state index in [2.05, 4.69) is 61.8 Å². The molecule has 8 heteroatoms. The Labute approximate surface area is 192 Å². The van der Waals surface area contributed by atoms with Gasteiger partial charge in [0.25, 0.3) is 0 Å². The summed E-state index contributed by atoms with van der Waals surface area (Å²) in [5.41, 5.74) is 6.23. The van der Waals surface area contributed by atoms with E-state index in [9.17, 15) is 4.79 Å². The number of fused-ring (bicyclic) bond motifs is 1. The lowest BCUT2D eigenvalue weighted by Crippen LogP contribution is -2.36. The molecule has 1 N–H and O–H groups in total. The number of H-pyrrole nitrogens is 1. The number of nitrogens with zero attached hydrogens (tertiary/aromatic N) is 6. The van der Waals surface area contributed by atoms with Gasteiger partial charge in [-0.2, -0.15) is 5.21 Å². The molecule has 5 rings (SSSR count). The van der Waals surface area contributed by atoms with Crippen LogP contribution in [0.25, 0.3) is 22.5 Å². The van der Waals surface area contributed by atoms with E-state index in [1.807, 2.05) is 36.1 Å². The molecule has 0 atom stereocenters. The van der Waals surface area contributed by atoms with E-state index in [0.717, 1.165) is 52.2 Å². The predicted octanol–water partition coefficient (Wildman–Crippen LogP) is 4.06. The van der Waals surface area contributed by atoms with Crippen molar-refractivity contribution in [2.24, 2.45) is 0 Å². The second kappa shape index (κ2) is 8.90. The van der Waals surface area contributed by atoms with Crippen LogP contribution in [-0.2, 0) is 24.2 Å². The number of aromatic amines is 1. The summed E-state index contributed by atoms with van der Waals surface area (Å²) in [6.07, 6.45) is 3.13. The molecule has 0 bridgehead atoms. The number of benzene rings is 2. The smallest absolute Gasteiger partial charge is 0.228 e. The zero-order chi connectivity index (χ0) is 22.8. The van der Waals surface area contributed by atoms with Crippen LogP contribution >= 0.6 is 0 Å². The lowest BCUT2D eigenvalue weighted by atomic mass is 9.97. The van der Waals surface area contributed by atoms with Gasteiger partial charge in [0.2, 0.25) is 11.7 Å². The molecule has 0 saturated carbocycles. The number of carbonyl (C=O) groups is 1. The minimum atomic E-state index is 0.106. The quantitative estimate of drug-likeness (QED) is 0.486. The summed E-state index contributed by atoms with van der Waals surface area (Å²) in [5, 5.41) is 14.4. The van der Waals surface area contributed by atoms with Gasteiger partial charge in [0, 0.05) is 23.2 Å². The van der Waals surface area contributed by atoms with Crippen LogP contribution in [-0.4, -0.2) is 36.5 Å². The van der Waals surface area contributed by atoms with Crippen molar-refractivity contribution in [3.63, 3.8) is 0 Å². The Morgan fingerprint density at radius 3 is 2.52 bits per heavy atom. The highest BCUT2D eigenvalue weighted by atomic mass is 16.2. The molecule has 166 valence electrons. The van der Waals surface area contributed by atoms with Gasteiger partial charge in [-0.3, -0.25) is 9.69 Å². The Kier molecular flexibility index (Phi) is 5.64. The normalized spacial score (nSPS) is 13.3. The first kappa shape index (κ1) is 20.9. The zero-order valence-electron chi connectivity index (χ0n) is 18.7. The maximum atomic E-state index is 12.8. The molecule has 0 radical (unpaired) electrons. The van der Waals surface area contributed by atoms with E-state index in [1.54, 1.807) is 0 Å². The van der Waals surface area contributed by atoms with E-state index in [1.165, 1.54) is 0 Å².